The lowest BCUT2D eigenvalue weighted by molar-refractivity contribution is 0.0620. The van der Waals surface area contributed by atoms with E-state index < -0.39 is 0 Å². The van der Waals surface area contributed by atoms with Gasteiger partial charge in [0, 0.05) is 31.0 Å². The third-order valence-electron chi connectivity index (χ3n) is 4.65. The number of carbonyl (C=O) groups excluding carboxylic acids is 1. The number of pyridine rings is 1. The van der Waals surface area contributed by atoms with Gasteiger partial charge in [0.15, 0.2) is 5.01 Å². The van der Waals surface area contributed by atoms with Gasteiger partial charge < -0.3 is 10.2 Å². The number of nitrogens with one attached hydrogen (secondary N) is 1. The van der Waals surface area contributed by atoms with Crippen LogP contribution in [0.3, 0.4) is 0 Å². The first-order valence-electron chi connectivity index (χ1n) is 7.80. The molecule has 3 aliphatic heterocycles. The van der Waals surface area contributed by atoms with Crippen LogP contribution in [0.2, 0.25) is 0 Å². The fourth-order valence-electron chi connectivity index (χ4n) is 3.40. The van der Waals surface area contributed by atoms with Crippen LogP contribution in [0.1, 0.15) is 22.6 Å². The molecule has 7 heteroatoms. The summed E-state index contributed by atoms with van der Waals surface area (Å²) in [5.41, 5.74) is 0.504. The average molecular weight is 332 g/mol. The van der Waals surface area contributed by atoms with Gasteiger partial charge in [-0.15, -0.1) is 11.3 Å². The molecule has 3 saturated heterocycles. The largest absolute Gasteiger partial charge is 0.346 e. The minimum atomic E-state index is -0.346. The lowest BCUT2D eigenvalue weighted by Gasteiger charge is -2.44. The number of amides is 1. The molecule has 120 valence electrons. The van der Waals surface area contributed by atoms with Crippen LogP contribution in [0.15, 0.2) is 24.5 Å². The molecule has 1 N–H and O–H groups in total. The van der Waals surface area contributed by atoms with E-state index in [1.807, 2.05) is 0 Å². The van der Waals surface area contributed by atoms with Crippen molar-refractivity contribution in [2.24, 2.45) is 5.92 Å². The molecule has 5 heterocycles. The van der Waals surface area contributed by atoms with Crippen LogP contribution >= 0.6 is 11.3 Å². The van der Waals surface area contributed by atoms with E-state index in [1.165, 1.54) is 29.7 Å². The minimum Gasteiger partial charge on any atom is -0.346 e. The highest BCUT2D eigenvalue weighted by Crippen LogP contribution is 2.29. The van der Waals surface area contributed by atoms with Crippen molar-refractivity contribution in [2.45, 2.75) is 18.9 Å². The van der Waals surface area contributed by atoms with Crippen molar-refractivity contribution < 1.29 is 9.18 Å². The van der Waals surface area contributed by atoms with E-state index in [1.54, 1.807) is 6.20 Å². The molecule has 0 saturated carbocycles. The number of carbonyl (C=O) groups is 1. The molecule has 23 heavy (non-hydrogen) atoms. The van der Waals surface area contributed by atoms with Crippen LogP contribution in [0, 0.1) is 11.7 Å². The van der Waals surface area contributed by atoms with Gasteiger partial charge in [-0.3, -0.25) is 9.78 Å². The number of fused-ring (bicyclic) bond motifs is 3. The molecule has 2 bridgehead atoms. The maximum absolute atomic E-state index is 13.3. The van der Waals surface area contributed by atoms with Gasteiger partial charge in [0.2, 0.25) is 0 Å². The third kappa shape index (κ3) is 2.98. The molecule has 3 fully saturated rings. The first kappa shape index (κ1) is 14.7. The minimum absolute atomic E-state index is 0.142. The number of piperidine rings is 3. The van der Waals surface area contributed by atoms with Crippen molar-refractivity contribution in [3.8, 4) is 10.6 Å². The van der Waals surface area contributed by atoms with E-state index >= 15 is 0 Å². The number of halogens is 1. The molecule has 2 aromatic heterocycles. The molecule has 5 rings (SSSR count). The predicted molar refractivity (Wildman–Crippen MR) is 85.7 cm³/mol. The number of thiazole rings is 1. The normalized spacial score (nSPS) is 26.2. The molecular weight excluding hydrogens is 315 g/mol. The van der Waals surface area contributed by atoms with Crippen LogP contribution < -0.4 is 5.32 Å². The van der Waals surface area contributed by atoms with E-state index in [4.69, 9.17) is 0 Å². The summed E-state index contributed by atoms with van der Waals surface area (Å²) < 4.78 is 13.3. The van der Waals surface area contributed by atoms with Crippen molar-refractivity contribution >= 4 is 17.2 Å². The van der Waals surface area contributed by atoms with Gasteiger partial charge in [-0.1, -0.05) is 0 Å². The van der Waals surface area contributed by atoms with Gasteiger partial charge in [-0.05, 0) is 37.9 Å². The first-order chi connectivity index (χ1) is 11.2. The molecule has 1 amide bonds. The molecule has 0 radical (unpaired) electrons. The van der Waals surface area contributed by atoms with Gasteiger partial charge in [0.05, 0.1) is 10.6 Å². The Kier molecular flexibility index (Phi) is 3.82. The smallest absolute Gasteiger partial charge is 0.280 e. The predicted octanol–water partition coefficient (Wildman–Crippen LogP) is 2.17. The monoisotopic (exact) mass is 332 g/mol. The van der Waals surface area contributed by atoms with Crippen LogP contribution in [0.25, 0.3) is 10.6 Å². The average Bonchev–Trinajstić information content (AvgIpc) is 3.06. The highest BCUT2D eigenvalue weighted by Gasteiger charge is 2.35. The maximum Gasteiger partial charge on any atom is 0.280 e. The number of nitrogens with zero attached hydrogens (tertiary/aromatic N) is 3. The molecule has 2 aromatic rings. The molecule has 0 spiro atoms. The number of aromatic nitrogens is 2. The summed E-state index contributed by atoms with van der Waals surface area (Å²) in [7, 11) is 0. The number of rotatable bonds is 3. The highest BCUT2D eigenvalue weighted by molar-refractivity contribution is 7.16. The van der Waals surface area contributed by atoms with Crippen molar-refractivity contribution in [3.05, 3.63) is 35.4 Å². The van der Waals surface area contributed by atoms with Gasteiger partial charge in [0.1, 0.15) is 5.82 Å². The number of hydrogen-bond donors (Lipinski definition) is 1. The maximum atomic E-state index is 13.3. The molecule has 5 nitrogen and oxygen atoms in total. The fraction of sp³-hybridized carbons (Fsp3) is 0.438. The van der Waals surface area contributed by atoms with Gasteiger partial charge >= 0.3 is 0 Å². The van der Waals surface area contributed by atoms with Gasteiger partial charge in [0.25, 0.3) is 5.91 Å². The summed E-state index contributed by atoms with van der Waals surface area (Å²) in [6.07, 6.45) is 5.30. The quantitative estimate of drug-likeness (QED) is 0.936. The van der Waals surface area contributed by atoms with E-state index in [0.717, 1.165) is 32.5 Å². The van der Waals surface area contributed by atoms with E-state index in [2.05, 4.69) is 20.2 Å². The van der Waals surface area contributed by atoms with Crippen molar-refractivity contribution in [1.82, 2.24) is 20.2 Å². The summed E-state index contributed by atoms with van der Waals surface area (Å²) in [6, 6.07) is 2.86. The SMILES string of the molecule is O=C(N[C@H]1CN2CCC1CC2)c1ncc(-c2cc(F)ccn2)s1. The second kappa shape index (κ2) is 5.98. The lowest BCUT2D eigenvalue weighted by atomic mass is 9.84. The van der Waals surface area contributed by atoms with E-state index in [9.17, 15) is 9.18 Å². The zero-order valence-electron chi connectivity index (χ0n) is 12.5. The molecular formula is C16H17FN4OS. The Labute approximate surface area is 137 Å². The van der Waals surface area contributed by atoms with Crippen LogP contribution in [-0.4, -0.2) is 46.5 Å². The van der Waals surface area contributed by atoms with Crippen LogP contribution in [0.5, 0.6) is 0 Å². The lowest BCUT2D eigenvalue weighted by Crippen LogP contribution is -2.57. The Morgan fingerprint density at radius 1 is 1.35 bits per heavy atom. The zero-order chi connectivity index (χ0) is 15.8. The molecule has 3 aliphatic rings. The van der Waals surface area contributed by atoms with Crippen molar-refractivity contribution in [3.63, 3.8) is 0 Å². The highest BCUT2D eigenvalue weighted by atomic mass is 32.1. The fourth-order valence-corrected chi connectivity index (χ4v) is 4.18. The first-order valence-corrected chi connectivity index (χ1v) is 8.61. The Morgan fingerprint density at radius 3 is 2.87 bits per heavy atom. The molecule has 1 atom stereocenters. The second-order valence-electron chi connectivity index (χ2n) is 6.11. The van der Waals surface area contributed by atoms with Crippen LogP contribution in [0.4, 0.5) is 4.39 Å². The second-order valence-corrected chi connectivity index (χ2v) is 7.14. The van der Waals surface area contributed by atoms with Gasteiger partial charge in [-0.25, -0.2) is 9.37 Å². The Bertz CT molecular complexity index is 726. The summed E-state index contributed by atoms with van der Waals surface area (Å²) in [6.45, 7) is 3.22. The number of hydrogen-bond acceptors (Lipinski definition) is 5. The Hall–Kier alpha value is -1.86. The van der Waals surface area contributed by atoms with Gasteiger partial charge in [-0.2, -0.15) is 0 Å². The summed E-state index contributed by atoms with van der Waals surface area (Å²) in [5, 5.41) is 3.52. The Morgan fingerprint density at radius 2 is 2.17 bits per heavy atom. The summed E-state index contributed by atoms with van der Waals surface area (Å²) >= 11 is 1.25. The summed E-state index contributed by atoms with van der Waals surface area (Å²) in [5.74, 6) is 0.0892. The van der Waals surface area contributed by atoms with Crippen LogP contribution in [-0.2, 0) is 0 Å². The Balaban J connectivity index is 1.47. The van der Waals surface area contributed by atoms with E-state index in [-0.39, 0.29) is 17.8 Å². The summed E-state index contributed by atoms with van der Waals surface area (Å²) in [4.78, 5) is 23.8. The van der Waals surface area contributed by atoms with Crippen molar-refractivity contribution in [1.29, 1.82) is 0 Å². The zero-order valence-corrected chi connectivity index (χ0v) is 13.4. The topological polar surface area (TPSA) is 58.1 Å². The third-order valence-corrected chi connectivity index (χ3v) is 5.67. The van der Waals surface area contributed by atoms with Crippen molar-refractivity contribution in [2.75, 3.05) is 19.6 Å². The van der Waals surface area contributed by atoms with E-state index in [0.29, 0.717) is 21.5 Å². The molecule has 0 aliphatic carbocycles. The molecule has 0 aromatic carbocycles. The molecule has 0 unspecified atom stereocenters. The standard InChI is InChI=1S/C16H17FN4OS/c17-11-1-4-18-12(7-11)14-8-19-16(23-14)15(22)20-13-9-21-5-2-10(13)3-6-21/h1,4,7-8,10,13H,2-3,5-6,9H2,(H,20,22)/t13-/m0/s1.